The maximum atomic E-state index is 10.3. The second kappa shape index (κ2) is 7.60. The van der Waals surface area contributed by atoms with Gasteiger partial charge in [0.25, 0.3) is 0 Å². The molecule has 3 aromatic rings. The first-order valence-corrected chi connectivity index (χ1v) is 11.1. The van der Waals surface area contributed by atoms with Crippen molar-refractivity contribution in [3.05, 3.63) is 88.9 Å². The summed E-state index contributed by atoms with van der Waals surface area (Å²) in [6.45, 7) is 4.88. The van der Waals surface area contributed by atoms with Gasteiger partial charge in [0, 0.05) is 17.5 Å². The summed E-state index contributed by atoms with van der Waals surface area (Å²) in [5.74, 6) is -0.000761. The summed E-state index contributed by atoms with van der Waals surface area (Å²) in [5, 5.41) is 14.8. The maximum Gasteiger partial charge on any atom is 0.202 e. The topological polar surface area (TPSA) is 39.5 Å². The smallest absolute Gasteiger partial charge is 0.202 e. The maximum absolute atomic E-state index is 10.3. The highest BCUT2D eigenvalue weighted by atomic mass is 35.5. The minimum atomic E-state index is -0.560. The number of fused-ring (bicyclic) bond motifs is 5. The molecule has 5 rings (SSSR count). The average molecular weight is 430 g/mol. The van der Waals surface area contributed by atoms with E-state index in [4.69, 9.17) is 16.3 Å². The fourth-order valence-electron chi connectivity index (χ4n) is 5.32. The number of nitriles is 1. The Morgan fingerprint density at radius 1 is 0.968 bits per heavy atom. The Balaban J connectivity index is 1.83. The van der Waals surface area contributed by atoms with Crippen LogP contribution in [-0.4, -0.2) is 17.8 Å². The molecule has 31 heavy (non-hydrogen) atoms. The first kappa shape index (κ1) is 19.9. The molecule has 4 nitrogen and oxygen atoms in total. The van der Waals surface area contributed by atoms with E-state index in [1.54, 1.807) is 5.01 Å². The fourth-order valence-corrected chi connectivity index (χ4v) is 5.45. The highest BCUT2D eigenvalue weighted by molar-refractivity contribution is 6.30. The van der Waals surface area contributed by atoms with E-state index in [1.807, 2.05) is 24.3 Å². The number of hydrogen-bond acceptors (Lipinski definition) is 4. The van der Waals surface area contributed by atoms with Crippen LogP contribution in [-0.2, 0) is 10.3 Å². The Bertz CT molecular complexity index is 1110. The van der Waals surface area contributed by atoms with Crippen molar-refractivity contribution >= 4 is 17.3 Å². The monoisotopic (exact) mass is 429 g/mol. The van der Waals surface area contributed by atoms with Gasteiger partial charge in [0.15, 0.2) is 6.23 Å². The second-order valence-electron chi connectivity index (χ2n) is 8.14. The molecular formula is C26H24ClN3O. The molecule has 0 aromatic heterocycles. The third-order valence-corrected chi connectivity index (χ3v) is 6.76. The van der Waals surface area contributed by atoms with Gasteiger partial charge < -0.3 is 4.74 Å². The van der Waals surface area contributed by atoms with Gasteiger partial charge in [-0.25, -0.2) is 0 Å². The standard InChI is InChI=1S/C26H24ClN3O/c1-3-16-31-25-18(2)26(30(29(25)17-28)20-14-12-19(27)13-15-20)23-10-6-4-8-21(23)22-9-5-7-11-24(22)26/h4-15,18,25H,3,16H2,1-2H3/t18-,25+/m1/s1. The van der Waals surface area contributed by atoms with Gasteiger partial charge in [0.05, 0.1) is 5.69 Å². The van der Waals surface area contributed by atoms with Crippen molar-refractivity contribution in [2.24, 2.45) is 5.92 Å². The van der Waals surface area contributed by atoms with E-state index >= 15 is 0 Å². The molecule has 0 N–H and O–H groups in total. The molecule has 0 radical (unpaired) electrons. The van der Waals surface area contributed by atoms with Crippen LogP contribution in [0.4, 0.5) is 5.69 Å². The SMILES string of the molecule is CCCO[C@H]1[C@@H](C)C2(c3ccccc3-c3ccccc32)N(c2ccc(Cl)cc2)N1C#N. The van der Waals surface area contributed by atoms with Crippen LogP contribution in [0.1, 0.15) is 31.4 Å². The number of anilines is 1. The van der Waals surface area contributed by atoms with Crippen LogP contribution in [0.15, 0.2) is 72.8 Å². The zero-order chi connectivity index (χ0) is 21.6. The van der Waals surface area contributed by atoms with Crippen molar-refractivity contribution in [3.63, 3.8) is 0 Å². The first-order chi connectivity index (χ1) is 15.1. The third kappa shape index (κ3) is 2.70. The van der Waals surface area contributed by atoms with E-state index in [9.17, 15) is 5.26 Å². The van der Waals surface area contributed by atoms with Crippen LogP contribution >= 0.6 is 11.6 Å². The first-order valence-electron chi connectivity index (χ1n) is 10.7. The largest absolute Gasteiger partial charge is 0.355 e. The molecule has 5 heteroatoms. The number of hydrogen-bond donors (Lipinski definition) is 0. The lowest BCUT2D eigenvalue weighted by molar-refractivity contribution is -0.0371. The van der Waals surface area contributed by atoms with E-state index in [0.29, 0.717) is 11.6 Å². The van der Waals surface area contributed by atoms with E-state index in [0.717, 1.165) is 12.1 Å². The molecule has 0 unspecified atom stereocenters. The predicted octanol–water partition coefficient (Wildman–Crippen LogP) is 6.17. The summed E-state index contributed by atoms with van der Waals surface area (Å²) in [6, 6.07) is 24.7. The van der Waals surface area contributed by atoms with Crippen LogP contribution in [0.2, 0.25) is 5.02 Å². The molecule has 0 bridgehead atoms. The lowest BCUT2D eigenvalue weighted by Gasteiger charge is -2.41. The van der Waals surface area contributed by atoms with E-state index < -0.39 is 5.54 Å². The molecule has 0 saturated carbocycles. The molecule has 1 fully saturated rings. The Hall–Kier alpha value is -3.00. The molecule has 1 heterocycles. The quantitative estimate of drug-likeness (QED) is 0.465. The van der Waals surface area contributed by atoms with Crippen molar-refractivity contribution < 1.29 is 4.74 Å². The number of ether oxygens (including phenoxy) is 1. The zero-order valence-corrected chi connectivity index (χ0v) is 18.4. The Morgan fingerprint density at radius 3 is 2.10 bits per heavy atom. The second-order valence-corrected chi connectivity index (χ2v) is 8.58. The van der Waals surface area contributed by atoms with Crippen LogP contribution in [0.3, 0.4) is 0 Å². The minimum absolute atomic E-state index is 0.000761. The summed E-state index contributed by atoms with van der Waals surface area (Å²) in [4.78, 5) is 0. The number of nitrogens with zero attached hydrogens (tertiary/aromatic N) is 3. The number of rotatable bonds is 4. The van der Waals surface area contributed by atoms with Crippen molar-refractivity contribution in [1.82, 2.24) is 5.01 Å². The highest BCUT2D eigenvalue weighted by Gasteiger charge is 2.62. The molecule has 3 aromatic carbocycles. The molecular weight excluding hydrogens is 406 g/mol. The van der Waals surface area contributed by atoms with Crippen LogP contribution < -0.4 is 5.01 Å². The van der Waals surface area contributed by atoms with Gasteiger partial charge >= 0.3 is 0 Å². The fraction of sp³-hybridized carbons (Fsp3) is 0.269. The normalized spacial score (nSPS) is 20.6. The molecule has 0 amide bonds. The van der Waals surface area contributed by atoms with Gasteiger partial charge in [-0.1, -0.05) is 74.0 Å². The predicted molar refractivity (Wildman–Crippen MR) is 123 cm³/mol. The summed E-state index contributed by atoms with van der Waals surface area (Å²) in [5.41, 5.74) is 5.15. The molecule has 1 aliphatic heterocycles. The minimum Gasteiger partial charge on any atom is -0.355 e. The molecule has 156 valence electrons. The van der Waals surface area contributed by atoms with Gasteiger partial charge in [-0.15, -0.1) is 0 Å². The number of benzene rings is 3. The lowest BCUT2D eigenvalue weighted by atomic mass is 9.76. The van der Waals surface area contributed by atoms with Crippen molar-refractivity contribution in [1.29, 1.82) is 5.26 Å². The Morgan fingerprint density at radius 2 is 1.55 bits per heavy atom. The summed E-state index contributed by atoms with van der Waals surface area (Å²) in [7, 11) is 0. The summed E-state index contributed by atoms with van der Waals surface area (Å²) in [6.07, 6.45) is 2.95. The van der Waals surface area contributed by atoms with Gasteiger partial charge in [-0.05, 0) is 52.9 Å². The van der Waals surface area contributed by atoms with E-state index in [-0.39, 0.29) is 12.1 Å². The zero-order valence-electron chi connectivity index (χ0n) is 17.6. The Kier molecular flexibility index (Phi) is 4.89. The summed E-state index contributed by atoms with van der Waals surface area (Å²) < 4.78 is 6.30. The molecule has 1 spiro atoms. The van der Waals surface area contributed by atoms with E-state index in [1.165, 1.54) is 22.3 Å². The highest BCUT2D eigenvalue weighted by Crippen LogP contribution is 2.60. The van der Waals surface area contributed by atoms with Crippen LogP contribution in [0, 0.1) is 17.4 Å². The molecule has 1 aliphatic carbocycles. The third-order valence-electron chi connectivity index (χ3n) is 6.51. The molecule has 2 aliphatic rings. The molecule has 2 atom stereocenters. The molecule has 1 saturated heterocycles. The summed E-state index contributed by atoms with van der Waals surface area (Å²) >= 11 is 6.21. The van der Waals surface area contributed by atoms with Gasteiger partial charge in [0.1, 0.15) is 5.54 Å². The number of halogens is 1. The van der Waals surface area contributed by atoms with Gasteiger partial charge in [-0.3, -0.25) is 5.01 Å². The van der Waals surface area contributed by atoms with E-state index in [2.05, 4.69) is 73.6 Å². The van der Waals surface area contributed by atoms with Crippen LogP contribution in [0.5, 0.6) is 0 Å². The van der Waals surface area contributed by atoms with Crippen LogP contribution in [0.25, 0.3) is 11.1 Å². The van der Waals surface area contributed by atoms with Gasteiger partial charge in [-0.2, -0.15) is 10.3 Å². The van der Waals surface area contributed by atoms with Crippen molar-refractivity contribution in [3.8, 4) is 17.3 Å². The van der Waals surface area contributed by atoms with Crippen molar-refractivity contribution in [2.45, 2.75) is 32.0 Å². The van der Waals surface area contributed by atoms with Gasteiger partial charge in [0.2, 0.25) is 6.19 Å². The lowest BCUT2D eigenvalue weighted by Crippen LogP contribution is -2.48. The van der Waals surface area contributed by atoms with Crippen molar-refractivity contribution in [2.75, 3.05) is 11.6 Å². The Labute approximate surface area is 188 Å². The average Bonchev–Trinajstić information content (AvgIpc) is 3.24. The number of hydrazine groups is 1.